The molecule has 0 saturated carbocycles. The molecule has 4 rings (SSSR count). The molecule has 30 heavy (non-hydrogen) atoms. The van der Waals surface area contributed by atoms with Gasteiger partial charge in [-0.3, -0.25) is 4.79 Å². The Balaban J connectivity index is 1.38. The van der Waals surface area contributed by atoms with E-state index < -0.39 is 0 Å². The number of nitrogens with one attached hydrogen (secondary N) is 1. The lowest BCUT2D eigenvalue weighted by atomic mass is 10.0. The lowest BCUT2D eigenvalue weighted by Crippen LogP contribution is -2.54. The van der Waals surface area contributed by atoms with Crippen molar-refractivity contribution in [2.24, 2.45) is 0 Å². The summed E-state index contributed by atoms with van der Waals surface area (Å²) in [5.74, 6) is 0.465. The normalized spacial score (nSPS) is 17.9. The smallest absolute Gasteiger partial charge is 0.321 e. The molecule has 2 saturated heterocycles. The predicted molar refractivity (Wildman–Crippen MR) is 121 cm³/mol. The lowest BCUT2D eigenvalue weighted by molar-refractivity contribution is 0.0585. The second-order valence-corrected chi connectivity index (χ2v) is 9.74. The highest BCUT2D eigenvalue weighted by molar-refractivity contribution is 8.00. The van der Waals surface area contributed by atoms with Gasteiger partial charge in [0.15, 0.2) is 0 Å². The number of halogens is 1. The summed E-state index contributed by atoms with van der Waals surface area (Å²) in [6, 6.07) is 13.4. The number of hydrogen-bond acceptors (Lipinski definition) is 4. The highest BCUT2D eigenvalue weighted by Crippen LogP contribution is 2.44. The minimum absolute atomic E-state index is 0.0632. The number of thioether (sulfide) groups is 2. The number of benzene rings is 2. The first-order valence-corrected chi connectivity index (χ1v) is 12.1. The van der Waals surface area contributed by atoms with Gasteiger partial charge in [0.25, 0.3) is 5.91 Å². The molecule has 0 atom stereocenters. The summed E-state index contributed by atoms with van der Waals surface area (Å²) >= 11 is 3.45. The lowest BCUT2D eigenvalue weighted by Gasteiger charge is -2.44. The van der Waals surface area contributed by atoms with E-state index >= 15 is 0 Å². The summed E-state index contributed by atoms with van der Waals surface area (Å²) in [7, 11) is 0. The summed E-state index contributed by atoms with van der Waals surface area (Å²) in [6.45, 7) is 1.86. The molecule has 2 aromatic rings. The third-order valence-electron chi connectivity index (χ3n) is 5.69. The molecule has 5 nitrogen and oxygen atoms in total. The number of rotatable bonds is 3. The second-order valence-electron chi connectivity index (χ2n) is 7.40. The van der Waals surface area contributed by atoms with Crippen LogP contribution in [-0.2, 0) is 0 Å². The number of piperidine rings is 1. The molecule has 2 heterocycles. The molecule has 8 heteroatoms. The van der Waals surface area contributed by atoms with E-state index in [0.717, 1.165) is 29.2 Å². The maximum absolute atomic E-state index is 13.2. The SMILES string of the molecule is CSc1ccc(NC(=O)N2CCC3(CC2)SCCN3C(=O)c2ccc(F)cc2)cc1. The number of amides is 3. The number of carbonyl (C=O) groups excluding carboxylic acids is 2. The monoisotopic (exact) mass is 445 g/mol. The zero-order valence-corrected chi connectivity index (χ0v) is 18.4. The largest absolute Gasteiger partial charge is 0.324 e. The van der Waals surface area contributed by atoms with Gasteiger partial charge in [-0.1, -0.05) is 0 Å². The van der Waals surface area contributed by atoms with Crippen molar-refractivity contribution in [2.75, 3.05) is 37.0 Å². The van der Waals surface area contributed by atoms with E-state index in [4.69, 9.17) is 0 Å². The minimum atomic E-state index is -0.348. The van der Waals surface area contributed by atoms with Crippen molar-refractivity contribution in [3.8, 4) is 0 Å². The van der Waals surface area contributed by atoms with Crippen LogP contribution >= 0.6 is 23.5 Å². The number of urea groups is 1. The first-order valence-electron chi connectivity index (χ1n) is 9.92. The van der Waals surface area contributed by atoms with Gasteiger partial charge in [-0.25, -0.2) is 9.18 Å². The molecule has 0 bridgehead atoms. The average Bonchev–Trinajstić information content (AvgIpc) is 3.17. The molecule has 0 aromatic heterocycles. The van der Waals surface area contributed by atoms with Crippen LogP contribution in [0.1, 0.15) is 23.2 Å². The Morgan fingerprint density at radius 2 is 1.70 bits per heavy atom. The maximum Gasteiger partial charge on any atom is 0.321 e. The van der Waals surface area contributed by atoms with Crippen LogP contribution in [0.2, 0.25) is 0 Å². The van der Waals surface area contributed by atoms with Gasteiger partial charge >= 0.3 is 6.03 Å². The molecule has 0 radical (unpaired) electrons. The quantitative estimate of drug-likeness (QED) is 0.692. The predicted octanol–water partition coefficient (Wildman–Crippen LogP) is 4.76. The highest BCUT2D eigenvalue weighted by Gasteiger charge is 2.47. The van der Waals surface area contributed by atoms with E-state index in [2.05, 4.69) is 5.32 Å². The maximum atomic E-state index is 13.2. The summed E-state index contributed by atoms with van der Waals surface area (Å²) in [4.78, 5) is 30.3. The van der Waals surface area contributed by atoms with Crippen molar-refractivity contribution < 1.29 is 14.0 Å². The van der Waals surface area contributed by atoms with Crippen LogP contribution in [0.3, 0.4) is 0 Å². The summed E-state index contributed by atoms with van der Waals surface area (Å²) in [6.07, 6.45) is 3.47. The Morgan fingerprint density at radius 3 is 2.33 bits per heavy atom. The molecule has 2 aliphatic heterocycles. The fourth-order valence-electron chi connectivity index (χ4n) is 3.99. The van der Waals surface area contributed by atoms with Crippen molar-refractivity contribution in [2.45, 2.75) is 22.6 Å². The molecule has 2 fully saturated rings. The van der Waals surface area contributed by atoms with Crippen LogP contribution in [0.15, 0.2) is 53.4 Å². The summed E-state index contributed by atoms with van der Waals surface area (Å²) < 4.78 is 13.2. The van der Waals surface area contributed by atoms with E-state index in [1.165, 1.54) is 12.1 Å². The zero-order chi connectivity index (χ0) is 21.1. The van der Waals surface area contributed by atoms with Gasteiger partial charge < -0.3 is 15.1 Å². The Kier molecular flexibility index (Phi) is 6.24. The van der Waals surface area contributed by atoms with Gasteiger partial charge in [0.2, 0.25) is 0 Å². The van der Waals surface area contributed by atoms with E-state index in [0.29, 0.717) is 25.2 Å². The van der Waals surface area contributed by atoms with E-state index in [9.17, 15) is 14.0 Å². The molecule has 1 N–H and O–H groups in total. The molecule has 2 aliphatic rings. The van der Waals surface area contributed by atoms with Gasteiger partial charge in [0.1, 0.15) is 5.82 Å². The molecule has 1 spiro atoms. The van der Waals surface area contributed by atoms with Crippen molar-refractivity contribution in [3.63, 3.8) is 0 Å². The fraction of sp³-hybridized carbons (Fsp3) is 0.364. The molecular formula is C22H24FN3O2S2. The van der Waals surface area contributed by atoms with Crippen LogP contribution in [0.4, 0.5) is 14.9 Å². The Hall–Kier alpha value is -2.19. The zero-order valence-electron chi connectivity index (χ0n) is 16.8. The molecule has 2 aromatic carbocycles. The first kappa shape index (κ1) is 21.1. The van der Waals surface area contributed by atoms with Gasteiger partial charge in [-0.05, 0) is 67.6 Å². The molecule has 3 amide bonds. The number of likely N-dealkylation sites (tertiary alicyclic amines) is 1. The number of nitrogens with zero attached hydrogens (tertiary/aromatic N) is 2. The molecule has 0 unspecified atom stereocenters. The summed E-state index contributed by atoms with van der Waals surface area (Å²) in [5, 5.41) is 2.96. The standard InChI is InChI=1S/C22H24FN3O2S2/c1-29-19-8-6-18(7-9-19)24-21(28)25-12-10-22(11-13-25)26(14-15-30-22)20(27)16-2-4-17(23)5-3-16/h2-9H,10-15H2,1H3,(H,24,28). The van der Waals surface area contributed by atoms with E-state index in [1.807, 2.05) is 40.3 Å². The van der Waals surface area contributed by atoms with Crippen LogP contribution in [-0.4, -0.2) is 58.3 Å². The van der Waals surface area contributed by atoms with Crippen molar-refractivity contribution in [1.82, 2.24) is 9.80 Å². The van der Waals surface area contributed by atoms with Gasteiger partial charge in [-0.15, -0.1) is 23.5 Å². The van der Waals surface area contributed by atoms with Crippen LogP contribution < -0.4 is 5.32 Å². The molecule has 158 valence electrons. The van der Waals surface area contributed by atoms with Gasteiger partial charge in [0, 0.05) is 41.5 Å². The second kappa shape index (κ2) is 8.89. The fourth-order valence-corrected chi connectivity index (χ4v) is 5.86. The van der Waals surface area contributed by atoms with E-state index in [-0.39, 0.29) is 22.6 Å². The minimum Gasteiger partial charge on any atom is -0.324 e. The Morgan fingerprint density at radius 1 is 1.03 bits per heavy atom. The summed E-state index contributed by atoms with van der Waals surface area (Å²) in [5.41, 5.74) is 1.29. The Bertz CT molecular complexity index is 913. The number of hydrogen-bond donors (Lipinski definition) is 1. The van der Waals surface area contributed by atoms with E-state index in [1.54, 1.807) is 35.7 Å². The van der Waals surface area contributed by atoms with Gasteiger partial charge in [-0.2, -0.15) is 0 Å². The third-order valence-corrected chi connectivity index (χ3v) is 7.98. The highest BCUT2D eigenvalue weighted by atomic mass is 32.2. The van der Waals surface area contributed by atoms with Crippen LogP contribution in [0.25, 0.3) is 0 Å². The topological polar surface area (TPSA) is 52.7 Å². The van der Waals surface area contributed by atoms with Gasteiger partial charge in [0.05, 0.1) is 4.87 Å². The van der Waals surface area contributed by atoms with Crippen molar-refractivity contribution >= 4 is 41.1 Å². The molecular weight excluding hydrogens is 421 g/mol. The Labute approximate surface area is 184 Å². The van der Waals surface area contributed by atoms with Crippen LogP contribution in [0.5, 0.6) is 0 Å². The van der Waals surface area contributed by atoms with Crippen LogP contribution in [0, 0.1) is 5.82 Å². The third kappa shape index (κ3) is 4.30. The van der Waals surface area contributed by atoms with Crippen molar-refractivity contribution in [1.29, 1.82) is 0 Å². The number of anilines is 1. The van der Waals surface area contributed by atoms with Crippen molar-refractivity contribution in [3.05, 3.63) is 59.9 Å². The average molecular weight is 446 g/mol. The molecule has 0 aliphatic carbocycles. The first-order chi connectivity index (χ1) is 14.5. The number of carbonyl (C=O) groups is 2.